The summed E-state index contributed by atoms with van der Waals surface area (Å²) >= 11 is 18.3. The highest BCUT2D eigenvalue weighted by molar-refractivity contribution is 6.35. The number of benzene rings is 3. The van der Waals surface area contributed by atoms with Crippen molar-refractivity contribution in [3.63, 3.8) is 0 Å². The van der Waals surface area contributed by atoms with Crippen LogP contribution in [0.2, 0.25) is 15.1 Å². The van der Waals surface area contributed by atoms with Crippen LogP contribution in [0, 0.1) is 0 Å². The molecule has 182 valence electrons. The van der Waals surface area contributed by atoms with Crippen LogP contribution < -0.4 is 10.1 Å². The molecule has 0 aliphatic carbocycles. The van der Waals surface area contributed by atoms with Gasteiger partial charge in [-0.1, -0.05) is 65.1 Å². The van der Waals surface area contributed by atoms with Crippen molar-refractivity contribution in [2.45, 2.75) is 12.6 Å². The lowest BCUT2D eigenvalue weighted by Gasteiger charge is -2.29. The largest absolute Gasteiger partial charge is 0.489 e. The van der Waals surface area contributed by atoms with Gasteiger partial charge in [0.25, 0.3) is 0 Å². The number of halogens is 3. The van der Waals surface area contributed by atoms with Gasteiger partial charge >= 0.3 is 5.97 Å². The second-order valence-corrected chi connectivity index (χ2v) is 9.22. The Morgan fingerprint density at radius 1 is 1.00 bits per heavy atom. The number of anilines is 1. The Morgan fingerprint density at radius 3 is 2.42 bits per heavy atom. The van der Waals surface area contributed by atoms with Crippen molar-refractivity contribution in [3.05, 3.63) is 110 Å². The van der Waals surface area contributed by atoms with Gasteiger partial charge in [-0.15, -0.1) is 0 Å². The summed E-state index contributed by atoms with van der Waals surface area (Å²) in [6, 6.07) is 19.3. The molecule has 5 rings (SSSR count). The van der Waals surface area contributed by atoms with Crippen LogP contribution in [0.1, 0.15) is 22.7 Å². The van der Waals surface area contributed by atoms with E-state index in [1.165, 1.54) is 13.4 Å². The number of methoxy groups -OCH3 is 1. The van der Waals surface area contributed by atoms with Gasteiger partial charge in [-0.2, -0.15) is 10.1 Å². The van der Waals surface area contributed by atoms with Crippen LogP contribution in [0.5, 0.6) is 5.75 Å². The molecule has 0 amide bonds. The lowest BCUT2D eigenvalue weighted by Crippen LogP contribution is -2.29. The Bertz CT molecular complexity index is 1450. The molecule has 1 aliphatic rings. The van der Waals surface area contributed by atoms with E-state index < -0.39 is 12.0 Å². The van der Waals surface area contributed by atoms with Gasteiger partial charge in [0.2, 0.25) is 5.95 Å². The maximum atomic E-state index is 13.1. The molecule has 1 N–H and O–H groups in total. The first-order valence-corrected chi connectivity index (χ1v) is 12.0. The van der Waals surface area contributed by atoms with Crippen molar-refractivity contribution in [2.24, 2.45) is 0 Å². The van der Waals surface area contributed by atoms with Gasteiger partial charge in [0.1, 0.15) is 24.7 Å². The van der Waals surface area contributed by atoms with Gasteiger partial charge in [-0.05, 0) is 47.5 Å². The number of esters is 1. The summed E-state index contributed by atoms with van der Waals surface area (Å²) in [4.78, 5) is 17.4. The van der Waals surface area contributed by atoms with E-state index in [4.69, 9.17) is 44.3 Å². The zero-order chi connectivity index (χ0) is 25.2. The smallest absolute Gasteiger partial charge is 0.338 e. The fourth-order valence-corrected chi connectivity index (χ4v) is 4.58. The van der Waals surface area contributed by atoms with Gasteiger partial charge in [0.15, 0.2) is 0 Å². The van der Waals surface area contributed by atoms with Crippen LogP contribution >= 0.6 is 34.8 Å². The summed E-state index contributed by atoms with van der Waals surface area (Å²) in [6.45, 7) is 0.282. The standard InChI is InChI=1S/C26H19Cl3N4O3/c1-35-25(34)22-23(15-2-7-18(27)8-3-15)32-26-30-14-31-33(26)24(22)16-5-10-20(11-6-16)36-13-17-4-9-19(28)12-21(17)29/h2-12,14,24H,13H2,1H3,(H,30,31,32)/t24-/m1/s1. The van der Waals surface area contributed by atoms with E-state index in [1.54, 1.807) is 28.9 Å². The van der Waals surface area contributed by atoms with E-state index in [-0.39, 0.29) is 6.61 Å². The number of rotatable bonds is 6. The van der Waals surface area contributed by atoms with Gasteiger partial charge < -0.3 is 14.8 Å². The molecule has 7 nitrogen and oxygen atoms in total. The number of nitrogens with zero attached hydrogens (tertiary/aromatic N) is 3. The van der Waals surface area contributed by atoms with Crippen molar-refractivity contribution in [1.29, 1.82) is 0 Å². The first-order valence-electron chi connectivity index (χ1n) is 10.9. The van der Waals surface area contributed by atoms with E-state index in [1.807, 2.05) is 42.5 Å². The van der Waals surface area contributed by atoms with Crippen LogP contribution in [0.4, 0.5) is 5.95 Å². The van der Waals surface area contributed by atoms with Gasteiger partial charge in [-0.25, -0.2) is 9.48 Å². The Hall–Kier alpha value is -3.52. The molecule has 0 spiro atoms. The third-order valence-electron chi connectivity index (χ3n) is 5.74. The van der Waals surface area contributed by atoms with Gasteiger partial charge in [0.05, 0.1) is 18.4 Å². The predicted octanol–water partition coefficient (Wildman–Crippen LogP) is 6.42. The molecule has 36 heavy (non-hydrogen) atoms. The number of nitrogens with one attached hydrogen (secondary N) is 1. The molecule has 2 heterocycles. The van der Waals surface area contributed by atoms with Crippen molar-refractivity contribution in [3.8, 4) is 5.75 Å². The quantitative estimate of drug-likeness (QED) is 0.284. The number of fused-ring (bicyclic) bond motifs is 1. The van der Waals surface area contributed by atoms with E-state index in [2.05, 4.69) is 15.4 Å². The number of carbonyl (C=O) groups is 1. The summed E-state index contributed by atoms with van der Waals surface area (Å²) in [5.41, 5.74) is 3.34. The van der Waals surface area contributed by atoms with Crippen LogP contribution in [-0.2, 0) is 16.1 Å². The molecule has 3 aromatic carbocycles. The average Bonchev–Trinajstić information content (AvgIpc) is 3.36. The van der Waals surface area contributed by atoms with E-state index in [9.17, 15) is 4.79 Å². The zero-order valence-electron chi connectivity index (χ0n) is 18.9. The topological polar surface area (TPSA) is 78.3 Å². The molecule has 4 aromatic rings. The second kappa shape index (κ2) is 10.2. The van der Waals surface area contributed by atoms with Crippen molar-refractivity contribution >= 4 is 52.4 Å². The number of ether oxygens (including phenoxy) is 2. The zero-order valence-corrected chi connectivity index (χ0v) is 21.2. The Kier molecular flexibility index (Phi) is 6.87. The van der Waals surface area contributed by atoms with Crippen molar-refractivity contribution < 1.29 is 14.3 Å². The van der Waals surface area contributed by atoms with Crippen LogP contribution in [-0.4, -0.2) is 27.8 Å². The first kappa shape index (κ1) is 24.2. The first-order chi connectivity index (χ1) is 17.4. The van der Waals surface area contributed by atoms with E-state index in [0.717, 1.165) is 16.7 Å². The molecular weight excluding hydrogens is 523 g/mol. The van der Waals surface area contributed by atoms with E-state index >= 15 is 0 Å². The van der Waals surface area contributed by atoms with Crippen molar-refractivity contribution in [1.82, 2.24) is 14.8 Å². The molecular formula is C26H19Cl3N4O3. The normalized spacial score (nSPS) is 14.7. The Labute approximate surface area is 222 Å². The molecule has 1 aliphatic heterocycles. The fraction of sp³-hybridized carbons (Fsp3) is 0.115. The molecule has 1 atom stereocenters. The van der Waals surface area contributed by atoms with Crippen molar-refractivity contribution in [2.75, 3.05) is 12.4 Å². The Morgan fingerprint density at radius 2 is 1.72 bits per heavy atom. The minimum atomic E-state index is -0.582. The third-order valence-corrected chi connectivity index (χ3v) is 6.58. The fourth-order valence-electron chi connectivity index (χ4n) is 3.99. The van der Waals surface area contributed by atoms with Gasteiger partial charge in [0, 0.05) is 20.6 Å². The highest BCUT2D eigenvalue weighted by Crippen LogP contribution is 2.39. The van der Waals surface area contributed by atoms with Gasteiger partial charge in [-0.3, -0.25) is 0 Å². The summed E-state index contributed by atoms with van der Waals surface area (Å²) in [7, 11) is 1.35. The molecule has 0 saturated heterocycles. The molecule has 10 heteroatoms. The van der Waals surface area contributed by atoms with E-state index in [0.29, 0.717) is 38.0 Å². The monoisotopic (exact) mass is 540 g/mol. The number of hydrogen-bond acceptors (Lipinski definition) is 6. The summed E-state index contributed by atoms with van der Waals surface area (Å²) in [5.74, 6) is 0.644. The third kappa shape index (κ3) is 4.78. The van der Waals surface area contributed by atoms with Crippen LogP contribution in [0.3, 0.4) is 0 Å². The number of aromatic nitrogens is 3. The SMILES string of the molecule is COC(=O)C1=C(c2ccc(Cl)cc2)Nc2ncnn2[C@@H]1c1ccc(OCc2ccc(Cl)cc2Cl)cc1. The lowest BCUT2D eigenvalue weighted by molar-refractivity contribution is -0.136. The highest BCUT2D eigenvalue weighted by atomic mass is 35.5. The summed E-state index contributed by atoms with van der Waals surface area (Å²) < 4.78 is 12.7. The van der Waals surface area contributed by atoms with Crippen LogP contribution in [0.25, 0.3) is 5.70 Å². The summed E-state index contributed by atoms with van der Waals surface area (Å²) in [6.07, 6.45) is 1.43. The lowest BCUT2D eigenvalue weighted by atomic mass is 9.93. The minimum Gasteiger partial charge on any atom is -0.489 e. The second-order valence-electron chi connectivity index (χ2n) is 7.94. The molecule has 0 fully saturated rings. The minimum absolute atomic E-state index is 0.282. The molecule has 0 bridgehead atoms. The molecule has 0 radical (unpaired) electrons. The highest BCUT2D eigenvalue weighted by Gasteiger charge is 2.36. The number of carbonyl (C=O) groups excluding carboxylic acids is 1. The van der Waals surface area contributed by atoms with Crippen LogP contribution in [0.15, 0.2) is 78.6 Å². The summed E-state index contributed by atoms with van der Waals surface area (Å²) in [5, 5.41) is 9.27. The maximum absolute atomic E-state index is 13.1. The number of hydrogen-bond donors (Lipinski definition) is 1. The predicted molar refractivity (Wildman–Crippen MR) is 139 cm³/mol. The molecule has 0 saturated carbocycles. The molecule has 1 aromatic heterocycles. The Balaban J connectivity index is 1.50. The molecule has 0 unspecified atom stereocenters. The average molecular weight is 542 g/mol. The maximum Gasteiger partial charge on any atom is 0.338 e.